The first-order chi connectivity index (χ1) is 24.2. The van der Waals surface area contributed by atoms with Gasteiger partial charge in [-0.3, -0.25) is 24.2 Å². The van der Waals surface area contributed by atoms with E-state index >= 15 is 0 Å². The molecule has 2 aliphatic heterocycles. The van der Waals surface area contributed by atoms with Gasteiger partial charge in [-0.15, -0.1) is 0 Å². The Morgan fingerprint density at radius 3 is 1.96 bits per heavy atom. The van der Waals surface area contributed by atoms with Crippen LogP contribution in [0.25, 0.3) is 0 Å². The summed E-state index contributed by atoms with van der Waals surface area (Å²) in [4.78, 5) is 50.5. The van der Waals surface area contributed by atoms with Crippen LogP contribution in [0.3, 0.4) is 0 Å². The lowest BCUT2D eigenvalue weighted by molar-refractivity contribution is -0.157. The minimum Gasteiger partial charge on any atom is -0.481 e. The fourth-order valence-electron chi connectivity index (χ4n) is 8.24. The Morgan fingerprint density at radius 2 is 1.52 bits per heavy atom. The average Bonchev–Trinajstić information content (AvgIpc) is 3.33. The molecule has 1 aromatic heterocycles. The van der Waals surface area contributed by atoms with Gasteiger partial charge in [0.05, 0.1) is 46.5 Å². The molecule has 2 N–H and O–H groups in total. The maximum Gasteiger partial charge on any atom is 0.416 e. The number of benzene rings is 1. The Hall–Kier alpha value is -3.62. The van der Waals surface area contributed by atoms with Crippen LogP contribution in [-0.2, 0) is 20.5 Å². The lowest BCUT2D eigenvalue weighted by atomic mass is 9.66. The number of carbonyl (C=O) groups is 3. The molecular formula is C38H54F3N5O6. The van der Waals surface area contributed by atoms with Crippen LogP contribution in [0.15, 0.2) is 30.6 Å². The number of aliphatic carboxylic acids is 2. The predicted octanol–water partition coefficient (Wildman–Crippen LogP) is 6.10. The number of aromatic nitrogens is 2. The van der Waals surface area contributed by atoms with E-state index in [0.717, 1.165) is 50.2 Å². The first-order valence-electron chi connectivity index (χ1n) is 17.9. The highest BCUT2D eigenvalue weighted by atomic mass is 19.4. The van der Waals surface area contributed by atoms with Gasteiger partial charge >= 0.3 is 18.1 Å². The van der Waals surface area contributed by atoms with E-state index in [2.05, 4.69) is 33.6 Å². The fraction of sp³-hybridized carbons (Fsp3) is 0.658. The van der Waals surface area contributed by atoms with Crippen LogP contribution in [0.1, 0.15) is 99.2 Å². The Labute approximate surface area is 304 Å². The average molecular weight is 734 g/mol. The maximum absolute atomic E-state index is 13.2. The topological polar surface area (TPSA) is 136 Å². The van der Waals surface area contributed by atoms with Crippen molar-refractivity contribution >= 4 is 17.8 Å². The molecule has 1 aliphatic carbocycles. The predicted molar refractivity (Wildman–Crippen MR) is 189 cm³/mol. The number of rotatable bonds is 8. The number of alkyl halides is 3. The number of halogens is 3. The normalized spacial score (nSPS) is 25.6. The van der Waals surface area contributed by atoms with Crippen molar-refractivity contribution in [2.75, 3.05) is 46.4 Å². The number of hydrogen-bond donors (Lipinski definition) is 2. The van der Waals surface area contributed by atoms with E-state index < -0.39 is 40.4 Å². The van der Waals surface area contributed by atoms with Crippen LogP contribution in [0.2, 0.25) is 0 Å². The molecule has 288 valence electrons. The molecule has 1 saturated carbocycles. The number of amides is 1. The van der Waals surface area contributed by atoms with Crippen LogP contribution >= 0.6 is 0 Å². The van der Waals surface area contributed by atoms with Gasteiger partial charge in [0.25, 0.3) is 5.91 Å². The van der Waals surface area contributed by atoms with Crippen molar-refractivity contribution in [3.05, 3.63) is 58.7 Å². The number of piperidine rings is 1. The van der Waals surface area contributed by atoms with Crippen molar-refractivity contribution in [3.8, 4) is 0 Å². The van der Waals surface area contributed by atoms with Gasteiger partial charge in [-0.1, -0.05) is 26.0 Å². The Balaban J connectivity index is 0.000000363. The van der Waals surface area contributed by atoms with E-state index in [1.54, 1.807) is 40.0 Å². The molecule has 3 heterocycles. The van der Waals surface area contributed by atoms with Gasteiger partial charge < -0.3 is 19.8 Å². The van der Waals surface area contributed by atoms with Gasteiger partial charge in [0.15, 0.2) is 0 Å². The summed E-state index contributed by atoms with van der Waals surface area (Å²) < 4.78 is 44.7. The third kappa shape index (κ3) is 8.28. The van der Waals surface area contributed by atoms with Crippen LogP contribution in [-0.4, -0.2) is 111 Å². The molecule has 2 saturated heterocycles. The molecule has 0 radical (unpaired) electrons. The molecule has 0 bridgehead atoms. The summed E-state index contributed by atoms with van der Waals surface area (Å²) in [5.41, 5.74) is 0.566. The zero-order valence-corrected chi connectivity index (χ0v) is 31.6. The highest BCUT2D eigenvalue weighted by Gasteiger charge is 2.58. The summed E-state index contributed by atoms with van der Waals surface area (Å²) in [6.07, 6.45) is -0.229. The maximum atomic E-state index is 13.2. The minimum atomic E-state index is -4.35. The number of likely N-dealkylation sites (tertiary alicyclic amines) is 1. The zero-order valence-electron chi connectivity index (χ0n) is 31.6. The number of carbonyl (C=O) groups excluding carboxylic acids is 1. The monoisotopic (exact) mass is 733 g/mol. The number of hydrogen-bond acceptors (Lipinski definition) is 8. The van der Waals surface area contributed by atoms with E-state index in [4.69, 9.17) is 14.9 Å². The quantitative estimate of drug-likeness (QED) is 0.328. The fourth-order valence-corrected chi connectivity index (χ4v) is 8.24. The number of methoxy groups -OCH3 is 1. The minimum absolute atomic E-state index is 0.000198. The Kier molecular flexibility index (Phi) is 12.5. The molecule has 1 aromatic carbocycles. The van der Waals surface area contributed by atoms with Gasteiger partial charge in [0.1, 0.15) is 6.33 Å². The Bertz CT molecular complexity index is 1570. The molecular weight excluding hydrogens is 679 g/mol. The van der Waals surface area contributed by atoms with Crippen LogP contribution < -0.4 is 0 Å². The van der Waals surface area contributed by atoms with Gasteiger partial charge in [-0.05, 0) is 83.4 Å². The van der Waals surface area contributed by atoms with Crippen LogP contribution in [0.4, 0.5) is 13.2 Å². The molecule has 11 nitrogen and oxygen atoms in total. The highest BCUT2D eigenvalue weighted by molar-refractivity contribution is 5.96. The molecule has 0 spiro atoms. The van der Waals surface area contributed by atoms with E-state index in [0.29, 0.717) is 49.5 Å². The van der Waals surface area contributed by atoms with Crippen LogP contribution in [0, 0.1) is 30.6 Å². The molecule has 14 heteroatoms. The second kappa shape index (κ2) is 15.8. The standard InChI is InChI=1S/C28H38F3N5O2.C10H16O4/c1-19-16-35(14-15-36(19)24(17-38-5)22-6-8-23(9-7-22)28(29,30)31)27(4)10-12-34(13-11-27)26(37)25-20(2)32-18-33-21(25)3;1-9(2)6(7(11)12)4-5-10(9,3)8(13)14/h6-9,18-19,24H,10-17H2,1-5H3;6H,4-5H2,1-3H3,(H,11,12)(H,13,14)/t19-,24-;6-,10+/m01/s1. The van der Waals surface area contributed by atoms with Gasteiger partial charge in [0, 0.05) is 51.4 Å². The van der Waals surface area contributed by atoms with Crippen molar-refractivity contribution in [3.63, 3.8) is 0 Å². The van der Waals surface area contributed by atoms with Crippen molar-refractivity contribution in [1.82, 2.24) is 24.7 Å². The summed E-state index contributed by atoms with van der Waals surface area (Å²) >= 11 is 0. The molecule has 0 unspecified atom stereocenters. The number of carboxylic acid groups (broad SMARTS) is 2. The molecule has 2 aromatic rings. The number of nitrogens with zero attached hydrogens (tertiary/aromatic N) is 5. The summed E-state index contributed by atoms with van der Waals surface area (Å²) in [6.45, 7) is 17.5. The molecule has 5 rings (SSSR count). The molecule has 52 heavy (non-hydrogen) atoms. The van der Waals surface area contributed by atoms with Crippen molar-refractivity contribution in [2.45, 2.75) is 97.9 Å². The van der Waals surface area contributed by atoms with Gasteiger partial charge in [-0.25, -0.2) is 9.97 Å². The molecule has 4 atom stereocenters. The summed E-state index contributed by atoms with van der Waals surface area (Å²) in [5.74, 6) is -2.34. The highest BCUT2D eigenvalue weighted by Crippen LogP contribution is 2.56. The number of ether oxygens (including phenoxy) is 1. The van der Waals surface area contributed by atoms with Gasteiger partial charge in [-0.2, -0.15) is 13.2 Å². The lowest BCUT2D eigenvalue weighted by Crippen LogP contribution is -2.62. The van der Waals surface area contributed by atoms with Gasteiger partial charge in [0.2, 0.25) is 0 Å². The van der Waals surface area contributed by atoms with E-state index in [1.165, 1.54) is 6.33 Å². The third-order valence-electron chi connectivity index (χ3n) is 12.4. The second-order valence-electron chi connectivity index (χ2n) is 15.6. The summed E-state index contributed by atoms with van der Waals surface area (Å²) in [5, 5.41) is 18.1. The smallest absolute Gasteiger partial charge is 0.416 e. The largest absolute Gasteiger partial charge is 0.481 e. The second-order valence-corrected chi connectivity index (χ2v) is 15.6. The Morgan fingerprint density at radius 1 is 0.942 bits per heavy atom. The zero-order chi connectivity index (χ0) is 38.8. The lowest BCUT2D eigenvalue weighted by Gasteiger charge is -2.52. The molecule has 3 fully saturated rings. The first kappa shape index (κ1) is 41.1. The van der Waals surface area contributed by atoms with Crippen molar-refractivity contribution in [1.29, 1.82) is 0 Å². The number of piperazine rings is 1. The summed E-state index contributed by atoms with van der Waals surface area (Å²) in [6, 6.07) is 5.52. The number of carboxylic acids is 2. The first-order valence-corrected chi connectivity index (χ1v) is 17.9. The van der Waals surface area contributed by atoms with Crippen molar-refractivity contribution < 1.29 is 42.5 Å². The van der Waals surface area contributed by atoms with E-state index in [9.17, 15) is 27.6 Å². The summed E-state index contributed by atoms with van der Waals surface area (Å²) in [7, 11) is 1.62. The van der Waals surface area contributed by atoms with E-state index in [-0.39, 0.29) is 23.5 Å². The molecule has 3 aliphatic rings. The van der Waals surface area contributed by atoms with E-state index in [1.807, 2.05) is 18.7 Å². The van der Waals surface area contributed by atoms with Crippen molar-refractivity contribution in [2.24, 2.45) is 16.7 Å². The SMILES string of the molecule is CC1(C)[C@@H](C(=O)O)CC[C@@]1(C)C(=O)O.COC[C@@H](c1ccc(C(F)(F)F)cc1)N1CCN(C2(C)CCN(C(=O)c3c(C)ncnc3C)CC2)C[C@@H]1C. The van der Waals surface area contributed by atoms with Crippen LogP contribution in [0.5, 0.6) is 0 Å². The number of aryl methyl sites for hydroxylation is 2. The third-order valence-corrected chi connectivity index (χ3v) is 12.4. The molecule has 1 amide bonds.